The number of ketones is 1. The fourth-order valence-electron chi connectivity index (χ4n) is 4.05. The van der Waals surface area contributed by atoms with E-state index in [9.17, 15) is 19.1 Å². The van der Waals surface area contributed by atoms with Gasteiger partial charge in [0.15, 0.2) is 16.7 Å². The molecule has 34 heavy (non-hydrogen) atoms. The van der Waals surface area contributed by atoms with Crippen molar-refractivity contribution in [2.45, 2.75) is 32.2 Å². The second-order valence-electron chi connectivity index (χ2n) is 9.13. The summed E-state index contributed by atoms with van der Waals surface area (Å²) in [6.07, 6.45) is 1.36. The predicted molar refractivity (Wildman–Crippen MR) is 128 cm³/mol. The third kappa shape index (κ3) is 3.60. The van der Waals surface area contributed by atoms with Gasteiger partial charge in [0, 0.05) is 0 Å². The van der Waals surface area contributed by atoms with Gasteiger partial charge in [-0.1, -0.05) is 56.4 Å². The summed E-state index contributed by atoms with van der Waals surface area (Å²) in [5.74, 6) is -2.40. The zero-order valence-corrected chi connectivity index (χ0v) is 19.5. The topological polar surface area (TPSA) is 83.6 Å². The Bertz CT molecular complexity index is 1450. The first-order valence-electron chi connectivity index (χ1n) is 10.7. The van der Waals surface area contributed by atoms with E-state index in [1.165, 1.54) is 35.4 Å². The molecule has 1 N–H and O–H groups in total. The highest BCUT2D eigenvalue weighted by molar-refractivity contribution is 7.22. The normalized spacial score (nSPS) is 16.6. The summed E-state index contributed by atoms with van der Waals surface area (Å²) in [5, 5.41) is 11.1. The number of rotatable bonds is 4. The van der Waals surface area contributed by atoms with Crippen LogP contribution >= 0.6 is 11.3 Å². The van der Waals surface area contributed by atoms with Gasteiger partial charge in [0.2, 0.25) is 5.78 Å². The van der Waals surface area contributed by atoms with Crippen molar-refractivity contribution in [3.8, 4) is 0 Å². The second-order valence-corrected chi connectivity index (χ2v) is 10.1. The number of aliphatic hydroxyl groups is 1. The van der Waals surface area contributed by atoms with Gasteiger partial charge in [-0.3, -0.25) is 14.5 Å². The standard InChI is InChI=1S/C26H21FN2O4S/c1-26(2,3)15-8-6-14(7-9-15)21-20(22(30)18-5-4-12-33-18)23(31)24(32)29(21)25-28-17-11-10-16(27)13-19(17)34-25/h4-13,21,31H,1-3H3/t21-/m1/s1. The van der Waals surface area contributed by atoms with E-state index in [-0.39, 0.29) is 21.9 Å². The van der Waals surface area contributed by atoms with E-state index in [1.54, 1.807) is 6.07 Å². The average Bonchev–Trinajstić information content (AvgIpc) is 3.52. The number of fused-ring (bicyclic) bond motifs is 1. The van der Waals surface area contributed by atoms with E-state index >= 15 is 0 Å². The maximum atomic E-state index is 13.8. The van der Waals surface area contributed by atoms with Gasteiger partial charge in [-0.05, 0) is 46.9 Å². The summed E-state index contributed by atoms with van der Waals surface area (Å²) in [7, 11) is 0. The van der Waals surface area contributed by atoms with Crippen molar-refractivity contribution in [2.24, 2.45) is 0 Å². The molecule has 1 amide bonds. The largest absolute Gasteiger partial charge is 0.503 e. The molecule has 5 rings (SSSR count). The Morgan fingerprint density at radius 1 is 1.15 bits per heavy atom. The summed E-state index contributed by atoms with van der Waals surface area (Å²) in [6, 6.07) is 13.8. The number of aromatic nitrogens is 1. The molecule has 1 atom stereocenters. The summed E-state index contributed by atoms with van der Waals surface area (Å²) in [6.45, 7) is 6.27. The number of halogens is 1. The van der Waals surface area contributed by atoms with E-state index in [2.05, 4.69) is 25.8 Å². The van der Waals surface area contributed by atoms with Crippen LogP contribution in [0.15, 0.2) is 76.6 Å². The molecule has 2 aromatic heterocycles. The molecule has 0 saturated carbocycles. The Morgan fingerprint density at radius 3 is 2.53 bits per heavy atom. The van der Waals surface area contributed by atoms with Crippen LogP contribution in [0, 0.1) is 5.82 Å². The Balaban J connectivity index is 1.67. The van der Waals surface area contributed by atoms with Crippen molar-refractivity contribution in [3.63, 3.8) is 0 Å². The number of aliphatic hydroxyl groups excluding tert-OH is 1. The molecule has 6 nitrogen and oxygen atoms in total. The smallest absolute Gasteiger partial charge is 0.296 e. The molecule has 2 aromatic carbocycles. The molecular formula is C26H21FN2O4S. The lowest BCUT2D eigenvalue weighted by atomic mass is 9.85. The number of benzene rings is 2. The summed E-state index contributed by atoms with van der Waals surface area (Å²) in [5.41, 5.74) is 2.04. The molecule has 0 saturated heterocycles. The van der Waals surface area contributed by atoms with Crippen molar-refractivity contribution in [1.82, 2.24) is 4.98 Å². The van der Waals surface area contributed by atoms with E-state index in [0.29, 0.717) is 15.8 Å². The maximum Gasteiger partial charge on any atom is 0.296 e. The summed E-state index contributed by atoms with van der Waals surface area (Å²) < 4.78 is 19.6. The highest BCUT2D eigenvalue weighted by atomic mass is 32.1. The van der Waals surface area contributed by atoms with Gasteiger partial charge in [0.05, 0.1) is 28.1 Å². The molecule has 8 heteroatoms. The molecule has 4 aromatic rings. The van der Waals surface area contributed by atoms with Gasteiger partial charge in [0.25, 0.3) is 5.91 Å². The van der Waals surface area contributed by atoms with Crippen LogP contribution < -0.4 is 4.90 Å². The minimum Gasteiger partial charge on any atom is -0.503 e. The van der Waals surface area contributed by atoms with Crippen LogP contribution in [-0.2, 0) is 10.2 Å². The maximum absolute atomic E-state index is 13.8. The van der Waals surface area contributed by atoms with Crippen LogP contribution in [0.5, 0.6) is 0 Å². The van der Waals surface area contributed by atoms with Gasteiger partial charge in [-0.25, -0.2) is 9.37 Å². The first kappa shape index (κ1) is 22.0. The molecular weight excluding hydrogens is 455 g/mol. The van der Waals surface area contributed by atoms with Crippen molar-refractivity contribution < 1.29 is 23.5 Å². The van der Waals surface area contributed by atoms with Crippen LogP contribution in [0.2, 0.25) is 0 Å². The van der Waals surface area contributed by atoms with Crippen molar-refractivity contribution in [1.29, 1.82) is 0 Å². The Hall–Kier alpha value is -3.78. The molecule has 172 valence electrons. The number of carbonyl (C=O) groups is 2. The van der Waals surface area contributed by atoms with Gasteiger partial charge >= 0.3 is 0 Å². The molecule has 0 spiro atoms. The lowest BCUT2D eigenvalue weighted by Crippen LogP contribution is -2.31. The molecule has 0 bridgehead atoms. The Labute approximate surface area is 199 Å². The highest BCUT2D eigenvalue weighted by Gasteiger charge is 2.46. The molecule has 1 aliphatic heterocycles. The minimum atomic E-state index is -0.926. The molecule has 0 unspecified atom stereocenters. The summed E-state index contributed by atoms with van der Waals surface area (Å²) in [4.78, 5) is 32.4. The fourth-order valence-corrected chi connectivity index (χ4v) is 5.06. The molecule has 1 aliphatic rings. The average molecular weight is 477 g/mol. The number of nitrogens with zero attached hydrogens (tertiary/aromatic N) is 2. The van der Waals surface area contributed by atoms with Crippen molar-refractivity contribution in [2.75, 3.05) is 4.90 Å². The van der Waals surface area contributed by atoms with Gasteiger partial charge in [-0.15, -0.1) is 0 Å². The zero-order chi connectivity index (χ0) is 24.2. The van der Waals surface area contributed by atoms with E-state index in [1.807, 2.05) is 24.3 Å². The lowest BCUT2D eigenvalue weighted by molar-refractivity contribution is -0.117. The van der Waals surface area contributed by atoms with Crippen molar-refractivity contribution >= 4 is 38.4 Å². The number of thiazole rings is 1. The van der Waals surface area contributed by atoms with Crippen molar-refractivity contribution in [3.05, 3.63) is 94.9 Å². The van der Waals surface area contributed by atoms with Crippen LogP contribution in [0.3, 0.4) is 0 Å². The van der Waals surface area contributed by atoms with Gasteiger partial charge in [0.1, 0.15) is 5.82 Å². The van der Waals surface area contributed by atoms with Gasteiger partial charge < -0.3 is 9.52 Å². The van der Waals surface area contributed by atoms with Crippen LogP contribution in [0.25, 0.3) is 10.2 Å². The first-order chi connectivity index (χ1) is 16.1. The monoisotopic (exact) mass is 476 g/mol. The predicted octanol–water partition coefficient (Wildman–Crippen LogP) is 6.11. The number of furan rings is 1. The number of Topliss-reactive ketones (excluding diaryl/α,β-unsaturated/α-hetero) is 1. The van der Waals surface area contributed by atoms with Gasteiger partial charge in [-0.2, -0.15) is 0 Å². The number of hydrogen-bond acceptors (Lipinski definition) is 6. The number of anilines is 1. The SMILES string of the molecule is CC(C)(C)c1ccc([C@@H]2C(C(=O)c3ccco3)=C(O)C(=O)N2c2nc3ccc(F)cc3s2)cc1. The summed E-state index contributed by atoms with van der Waals surface area (Å²) >= 11 is 1.11. The third-order valence-electron chi connectivity index (χ3n) is 5.84. The number of carbonyl (C=O) groups excluding carboxylic acids is 2. The highest BCUT2D eigenvalue weighted by Crippen LogP contribution is 2.44. The zero-order valence-electron chi connectivity index (χ0n) is 18.7. The van der Waals surface area contributed by atoms with E-state index in [4.69, 9.17) is 4.42 Å². The van der Waals surface area contributed by atoms with E-state index < -0.39 is 29.3 Å². The lowest BCUT2D eigenvalue weighted by Gasteiger charge is -2.25. The second kappa shape index (κ2) is 7.92. The molecule has 3 heterocycles. The van der Waals surface area contributed by atoms with Crippen LogP contribution in [-0.4, -0.2) is 21.8 Å². The minimum absolute atomic E-state index is 0.0129. The third-order valence-corrected chi connectivity index (χ3v) is 6.85. The molecule has 0 radical (unpaired) electrons. The quantitative estimate of drug-likeness (QED) is 0.359. The number of amides is 1. The molecule has 0 fully saturated rings. The molecule has 0 aliphatic carbocycles. The first-order valence-corrected chi connectivity index (χ1v) is 11.5. The van der Waals surface area contributed by atoms with Crippen LogP contribution in [0.4, 0.5) is 9.52 Å². The number of hydrogen-bond donors (Lipinski definition) is 1. The Morgan fingerprint density at radius 2 is 1.88 bits per heavy atom. The fraction of sp³-hybridized carbons (Fsp3) is 0.192. The van der Waals surface area contributed by atoms with Crippen LogP contribution in [0.1, 0.15) is 48.5 Å². The van der Waals surface area contributed by atoms with E-state index in [0.717, 1.165) is 16.9 Å². The Kier molecular flexibility index (Phi) is 5.13.